The van der Waals surface area contributed by atoms with Crippen LogP contribution in [0.3, 0.4) is 0 Å². The number of hydrogen-bond acceptors (Lipinski definition) is 5. The zero-order valence-corrected chi connectivity index (χ0v) is 10.4. The minimum atomic E-state index is -1.34. The second-order valence-corrected chi connectivity index (χ2v) is 4.43. The van der Waals surface area contributed by atoms with Crippen molar-refractivity contribution in [1.82, 2.24) is 15.8 Å². The molecule has 1 fully saturated rings. The van der Waals surface area contributed by atoms with Crippen LogP contribution in [0.15, 0.2) is 10.6 Å². The lowest BCUT2D eigenvalue weighted by Gasteiger charge is -2.23. The number of amides is 2. The van der Waals surface area contributed by atoms with E-state index in [1.165, 1.54) is 0 Å². The SMILES string of the molecule is Cc1cc(CNC(=O)NC2(C(=O)O)CCOC2)no1. The highest BCUT2D eigenvalue weighted by atomic mass is 16.5. The third-order valence-corrected chi connectivity index (χ3v) is 2.89. The van der Waals surface area contributed by atoms with Gasteiger partial charge in [0.25, 0.3) is 0 Å². The number of carboxylic acid groups (broad SMARTS) is 1. The maximum absolute atomic E-state index is 11.7. The third kappa shape index (κ3) is 3.02. The monoisotopic (exact) mass is 269 g/mol. The van der Waals surface area contributed by atoms with Crippen LogP contribution in [0.5, 0.6) is 0 Å². The summed E-state index contributed by atoms with van der Waals surface area (Å²) in [5, 5.41) is 17.8. The van der Waals surface area contributed by atoms with Gasteiger partial charge in [-0.05, 0) is 6.92 Å². The number of carbonyl (C=O) groups excluding carboxylic acids is 1. The summed E-state index contributed by atoms with van der Waals surface area (Å²) in [5.41, 5.74) is -0.774. The summed E-state index contributed by atoms with van der Waals surface area (Å²) >= 11 is 0. The highest BCUT2D eigenvalue weighted by Gasteiger charge is 2.43. The Balaban J connectivity index is 1.88. The number of urea groups is 1. The van der Waals surface area contributed by atoms with Gasteiger partial charge in [0.15, 0.2) is 5.54 Å². The number of aromatic nitrogens is 1. The second kappa shape index (κ2) is 5.27. The Morgan fingerprint density at radius 2 is 2.37 bits per heavy atom. The van der Waals surface area contributed by atoms with Gasteiger partial charge in [0.1, 0.15) is 11.5 Å². The predicted molar refractivity (Wildman–Crippen MR) is 62.4 cm³/mol. The standard InChI is InChI=1S/C11H15N3O5/c1-7-4-8(14-19-7)5-12-10(17)13-11(9(15)16)2-3-18-6-11/h4H,2-3,5-6H2,1H3,(H,15,16)(H2,12,13,17). The number of rotatable bonds is 4. The van der Waals surface area contributed by atoms with Crippen LogP contribution in [0.4, 0.5) is 4.79 Å². The van der Waals surface area contributed by atoms with Crippen molar-refractivity contribution in [1.29, 1.82) is 0 Å². The zero-order valence-electron chi connectivity index (χ0n) is 10.4. The van der Waals surface area contributed by atoms with Crippen LogP contribution in [0, 0.1) is 6.92 Å². The molecule has 0 aromatic carbocycles. The summed E-state index contributed by atoms with van der Waals surface area (Å²) in [5.74, 6) is -0.458. The summed E-state index contributed by atoms with van der Waals surface area (Å²) < 4.78 is 9.89. The molecule has 2 rings (SSSR count). The van der Waals surface area contributed by atoms with Crippen molar-refractivity contribution in [3.05, 3.63) is 17.5 Å². The minimum absolute atomic E-state index is 0.0289. The van der Waals surface area contributed by atoms with E-state index in [1.54, 1.807) is 13.0 Å². The van der Waals surface area contributed by atoms with Crippen LogP contribution in [-0.2, 0) is 16.1 Å². The molecule has 19 heavy (non-hydrogen) atoms. The fourth-order valence-corrected chi connectivity index (χ4v) is 1.82. The van der Waals surface area contributed by atoms with E-state index < -0.39 is 17.5 Å². The van der Waals surface area contributed by atoms with Crippen molar-refractivity contribution in [2.45, 2.75) is 25.4 Å². The molecule has 0 aliphatic carbocycles. The molecule has 1 aliphatic heterocycles. The lowest BCUT2D eigenvalue weighted by molar-refractivity contribution is -0.144. The first-order chi connectivity index (χ1) is 9.02. The van der Waals surface area contributed by atoms with Gasteiger partial charge >= 0.3 is 12.0 Å². The molecule has 1 unspecified atom stereocenters. The molecule has 1 aromatic rings. The molecule has 2 amide bonds. The van der Waals surface area contributed by atoms with E-state index in [9.17, 15) is 9.59 Å². The number of aliphatic carboxylic acids is 1. The van der Waals surface area contributed by atoms with Crippen LogP contribution in [0.2, 0.25) is 0 Å². The van der Waals surface area contributed by atoms with Gasteiger partial charge in [0, 0.05) is 19.1 Å². The molecule has 0 radical (unpaired) electrons. The van der Waals surface area contributed by atoms with E-state index in [-0.39, 0.29) is 19.6 Å². The number of hydrogen-bond donors (Lipinski definition) is 3. The smallest absolute Gasteiger partial charge is 0.332 e. The number of ether oxygens (including phenoxy) is 1. The summed E-state index contributed by atoms with van der Waals surface area (Å²) in [4.78, 5) is 22.9. The Labute approximate surface area is 109 Å². The molecule has 8 heteroatoms. The fourth-order valence-electron chi connectivity index (χ4n) is 1.82. The lowest BCUT2D eigenvalue weighted by Crippen LogP contribution is -2.57. The maximum Gasteiger partial charge on any atom is 0.332 e. The summed E-state index contributed by atoms with van der Waals surface area (Å²) in [6, 6.07) is 1.11. The molecule has 1 saturated heterocycles. The van der Waals surface area contributed by atoms with Gasteiger partial charge in [-0.25, -0.2) is 9.59 Å². The summed E-state index contributed by atoms with van der Waals surface area (Å²) in [7, 11) is 0. The van der Waals surface area contributed by atoms with Crippen molar-refractivity contribution in [3.63, 3.8) is 0 Å². The quantitative estimate of drug-likeness (QED) is 0.710. The zero-order chi connectivity index (χ0) is 13.9. The Kier molecular flexibility index (Phi) is 3.70. The predicted octanol–water partition coefficient (Wildman–Crippen LogP) is 0.0259. The normalized spacial score (nSPS) is 22.2. The van der Waals surface area contributed by atoms with Crippen molar-refractivity contribution in [2.75, 3.05) is 13.2 Å². The van der Waals surface area contributed by atoms with E-state index >= 15 is 0 Å². The second-order valence-electron chi connectivity index (χ2n) is 4.43. The van der Waals surface area contributed by atoms with E-state index in [1.807, 2.05) is 0 Å². The Morgan fingerprint density at radius 1 is 1.58 bits per heavy atom. The van der Waals surface area contributed by atoms with Crippen LogP contribution in [0.25, 0.3) is 0 Å². The van der Waals surface area contributed by atoms with Gasteiger partial charge in [-0.1, -0.05) is 5.16 Å². The Hall–Kier alpha value is -2.09. The number of nitrogens with zero attached hydrogens (tertiary/aromatic N) is 1. The first kappa shape index (κ1) is 13.3. The van der Waals surface area contributed by atoms with E-state index in [0.717, 1.165) is 0 Å². The molecule has 3 N–H and O–H groups in total. The van der Waals surface area contributed by atoms with Crippen LogP contribution < -0.4 is 10.6 Å². The molecule has 8 nitrogen and oxygen atoms in total. The largest absolute Gasteiger partial charge is 0.479 e. The van der Waals surface area contributed by atoms with Crippen LogP contribution in [-0.4, -0.2) is 41.0 Å². The highest BCUT2D eigenvalue weighted by molar-refractivity contribution is 5.86. The third-order valence-electron chi connectivity index (χ3n) is 2.89. The van der Waals surface area contributed by atoms with Gasteiger partial charge in [0.2, 0.25) is 0 Å². The van der Waals surface area contributed by atoms with Crippen molar-refractivity contribution in [3.8, 4) is 0 Å². The first-order valence-electron chi connectivity index (χ1n) is 5.81. The highest BCUT2D eigenvalue weighted by Crippen LogP contribution is 2.18. The fraction of sp³-hybridized carbons (Fsp3) is 0.545. The average Bonchev–Trinajstić information content (AvgIpc) is 2.97. The molecule has 0 bridgehead atoms. The molecule has 0 saturated carbocycles. The number of aryl methyl sites for hydroxylation is 1. The molecule has 1 atom stereocenters. The average molecular weight is 269 g/mol. The van der Waals surface area contributed by atoms with Gasteiger partial charge in [-0.2, -0.15) is 0 Å². The maximum atomic E-state index is 11.7. The molecular weight excluding hydrogens is 254 g/mol. The van der Waals surface area contributed by atoms with Gasteiger partial charge in [-0.15, -0.1) is 0 Å². The van der Waals surface area contributed by atoms with Crippen LogP contribution >= 0.6 is 0 Å². The summed E-state index contributed by atoms with van der Waals surface area (Å²) in [6.07, 6.45) is 0.249. The number of carboxylic acids is 1. The Bertz CT molecular complexity index is 478. The van der Waals surface area contributed by atoms with E-state index in [4.69, 9.17) is 14.4 Å². The molecule has 2 heterocycles. The van der Waals surface area contributed by atoms with Crippen molar-refractivity contribution < 1.29 is 24.0 Å². The molecule has 1 aliphatic rings. The van der Waals surface area contributed by atoms with Crippen molar-refractivity contribution >= 4 is 12.0 Å². The lowest BCUT2D eigenvalue weighted by atomic mass is 9.99. The molecule has 0 spiro atoms. The molecular formula is C11H15N3O5. The Morgan fingerprint density at radius 3 is 2.89 bits per heavy atom. The first-order valence-corrected chi connectivity index (χ1v) is 5.81. The number of carbonyl (C=O) groups is 2. The minimum Gasteiger partial charge on any atom is -0.479 e. The summed E-state index contributed by atoms with van der Waals surface area (Å²) in [6.45, 7) is 2.19. The van der Waals surface area contributed by atoms with Crippen molar-refractivity contribution in [2.24, 2.45) is 0 Å². The van der Waals surface area contributed by atoms with Gasteiger partial charge < -0.3 is 25.0 Å². The molecule has 1 aromatic heterocycles. The van der Waals surface area contributed by atoms with Gasteiger partial charge in [0.05, 0.1) is 13.2 Å². The molecule has 104 valence electrons. The number of nitrogens with one attached hydrogen (secondary N) is 2. The van der Waals surface area contributed by atoms with E-state index in [0.29, 0.717) is 18.1 Å². The van der Waals surface area contributed by atoms with E-state index in [2.05, 4.69) is 15.8 Å². The topological polar surface area (TPSA) is 114 Å². The van der Waals surface area contributed by atoms with Crippen LogP contribution in [0.1, 0.15) is 17.9 Å². The van der Waals surface area contributed by atoms with Gasteiger partial charge in [-0.3, -0.25) is 0 Å².